The molecule has 1 aromatic rings. The minimum Gasteiger partial charge on any atom is -0.315 e. The maximum atomic E-state index is 12.7. The number of benzene rings is 1. The molecule has 2 rings (SSSR count). The van der Waals surface area contributed by atoms with E-state index in [-0.39, 0.29) is 18.4 Å². The Morgan fingerprint density at radius 1 is 1.45 bits per heavy atom. The molecule has 1 atom stereocenters. The summed E-state index contributed by atoms with van der Waals surface area (Å²) in [5.41, 5.74) is 0. The molecule has 0 amide bonds. The Hall–Kier alpha value is -0.140. The van der Waals surface area contributed by atoms with Crippen LogP contribution < -0.4 is 5.32 Å². The molecule has 114 valence electrons. The highest BCUT2D eigenvalue weighted by atomic mass is 79.9. The van der Waals surface area contributed by atoms with E-state index >= 15 is 0 Å². The minimum atomic E-state index is -3.41. The van der Waals surface area contributed by atoms with Gasteiger partial charge >= 0.3 is 0 Å². The zero-order valence-electron chi connectivity index (χ0n) is 11.4. The van der Waals surface area contributed by atoms with Crippen LogP contribution >= 0.6 is 28.3 Å². The molecule has 20 heavy (non-hydrogen) atoms. The van der Waals surface area contributed by atoms with Crippen molar-refractivity contribution in [2.45, 2.75) is 30.7 Å². The van der Waals surface area contributed by atoms with Gasteiger partial charge in [0.05, 0.1) is 4.90 Å². The molecular formula is C13H20BrClN2O2S. The van der Waals surface area contributed by atoms with Gasteiger partial charge in [-0.15, -0.1) is 12.4 Å². The number of nitrogens with zero attached hydrogens (tertiary/aromatic N) is 1. The summed E-state index contributed by atoms with van der Waals surface area (Å²) in [6, 6.07) is 6.99. The Labute approximate surface area is 135 Å². The first kappa shape index (κ1) is 17.9. The van der Waals surface area contributed by atoms with Crippen molar-refractivity contribution in [2.24, 2.45) is 0 Å². The minimum absolute atomic E-state index is 0. The normalized spacial score (nSPS) is 19.1. The van der Waals surface area contributed by atoms with Gasteiger partial charge in [0.25, 0.3) is 0 Å². The summed E-state index contributed by atoms with van der Waals surface area (Å²) in [6.07, 6.45) is 1.71. The van der Waals surface area contributed by atoms with E-state index in [0.29, 0.717) is 11.4 Å². The van der Waals surface area contributed by atoms with Crippen LogP contribution in [0.15, 0.2) is 33.6 Å². The van der Waals surface area contributed by atoms with E-state index in [1.807, 2.05) is 13.0 Å². The van der Waals surface area contributed by atoms with Crippen molar-refractivity contribution in [1.29, 1.82) is 0 Å². The molecule has 1 heterocycles. The van der Waals surface area contributed by atoms with Gasteiger partial charge in [0.1, 0.15) is 0 Å². The van der Waals surface area contributed by atoms with Crippen molar-refractivity contribution in [1.82, 2.24) is 9.62 Å². The maximum Gasteiger partial charge on any atom is 0.243 e. The van der Waals surface area contributed by atoms with Gasteiger partial charge in [0.15, 0.2) is 0 Å². The largest absolute Gasteiger partial charge is 0.315 e. The maximum absolute atomic E-state index is 12.7. The van der Waals surface area contributed by atoms with Gasteiger partial charge in [-0.05, 0) is 37.6 Å². The van der Waals surface area contributed by atoms with E-state index in [1.54, 1.807) is 22.5 Å². The summed E-state index contributed by atoms with van der Waals surface area (Å²) in [7, 11) is -3.41. The molecule has 4 nitrogen and oxygen atoms in total. The number of rotatable bonds is 5. The second-order valence-electron chi connectivity index (χ2n) is 4.72. The van der Waals surface area contributed by atoms with Crippen molar-refractivity contribution in [2.75, 3.05) is 19.6 Å². The lowest BCUT2D eigenvalue weighted by Gasteiger charge is -2.27. The van der Waals surface area contributed by atoms with Crippen LogP contribution in [0.3, 0.4) is 0 Å². The standard InChI is InChI=1S/C13H19BrN2O2S.ClH/c1-2-8-16(12-6-7-15-10-12)19(17,18)13-5-3-4-11(14)9-13;/h3-5,9,12,15H,2,6-8,10H2,1H3;1H. The second kappa shape index (κ2) is 7.75. The molecule has 1 N–H and O–H groups in total. The molecule has 0 spiro atoms. The first-order chi connectivity index (χ1) is 9.05. The molecule has 0 radical (unpaired) electrons. The first-order valence-electron chi connectivity index (χ1n) is 6.54. The Morgan fingerprint density at radius 2 is 2.20 bits per heavy atom. The lowest BCUT2D eigenvalue weighted by molar-refractivity contribution is 0.335. The third-order valence-electron chi connectivity index (χ3n) is 3.29. The number of nitrogens with one attached hydrogen (secondary N) is 1. The van der Waals surface area contributed by atoms with Crippen molar-refractivity contribution in [3.63, 3.8) is 0 Å². The Balaban J connectivity index is 0.00000200. The second-order valence-corrected chi connectivity index (χ2v) is 7.53. The summed E-state index contributed by atoms with van der Waals surface area (Å²) in [4.78, 5) is 0.363. The number of hydrogen-bond donors (Lipinski definition) is 1. The van der Waals surface area contributed by atoms with Crippen LogP contribution in [0, 0.1) is 0 Å². The van der Waals surface area contributed by atoms with Crippen LogP contribution in [0.25, 0.3) is 0 Å². The molecule has 0 aliphatic carbocycles. The Bertz CT molecular complexity index is 533. The predicted molar refractivity (Wildman–Crippen MR) is 86.8 cm³/mol. The van der Waals surface area contributed by atoms with Gasteiger partial charge in [-0.2, -0.15) is 4.31 Å². The van der Waals surface area contributed by atoms with E-state index in [2.05, 4.69) is 21.2 Å². The number of sulfonamides is 1. The topological polar surface area (TPSA) is 49.4 Å². The Kier molecular flexibility index (Phi) is 6.94. The van der Waals surface area contributed by atoms with Crippen molar-refractivity contribution < 1.29 is 8.42 Å². The summed E-state index contributed by atoms with van der Waals surface area (Å²) in [5.74, 6) is 0. The zero-order valence-corrected chi connectivity index (χ0v) is 14.6. The lowest BCUT2D eigenvalue weighted by atomic mass is 10.2. The van der Waals surface area contributed by atoms with Crippen LogP contribution in [0.2, 0.25) is 0 Å². The quantitative estimate of drug-likeness (QED) is 0.850. The molecule has 7 heteroatoms. The third kappa shape index (κ3) is 3.95. The zero-order chi connectivity index (χ0) is 13.9. The average Bonchev–Trinajstić information content (AvgIpc) is 2.89. The van der Waals surface area contributed by atoms with E-state index in [4.69, 9.17) is 0 Å². The van der Waals surface area contributed by atoms with E-state index in [0.717, 1.165) is 30.4 Å². The van der Waals surface area contributed by atoms with Crippen LogP contribution in [-0.2, 0) is 10.0 Å². The summed E-state index contributed by atoms with van der Waals surface area (Å²) in [6.45, 7) is 4.21. The molecule has 1 aliphatic rings. The summed E-state index contributed by atoms with van der Waals surface area (Å²) >= 11 is 3.33. The van der Waals surface area contributed by atoms with Gasteiger partial charge in [-0.1, -0.05) is 28.9 Å². The fourth-order valence-corrected chi connectivity index (χ4v) is 4.71. The molecule has 1 aromatic carbocycles. The monoisotopic (exact) mass is 382 g/mol. The number of hydrogen-bond acceptors (Lipinski definition) is 3. The smallest absolute Gasteiger partial charge is 0.243 e. The molecule has 0 aromatic heterocycles. The summed E-state index contributed by atoms with van der Waals surface area (Å²) < 4.78 is 27.9. The number of halogens is 2. The molecule has 1 aliphatic heterocycles. The highest BCUT2D eigenvalue weighted by Crippen LogP contribution is 2.23. The molecular weight excluding hydrogens is 364 g/mol. The SMILES string of the molecule is CCCN(C1CCNC1)S(=O)(=O)c1cccc(Br)c1.Cl. The van der Waals surface area contributed by atoms with Gasteiger partial charge in [0.2, 0.25) is 10.0 Å². The highest BCUT2D eigenvalue weighted by molar-refractivity contribution is 9.10. The van der Waals surface area contributed by atoms with E-state index in [9.17, 15) is 8.42 Å². The summed E-state index contributed by atoms with van der Waals surface area (Å²) in [5, 5.41) is 3.23. The fraction of sp³-hybridized carbons (Fsp3) is 0.538. The van der Waals surface area contributed by atoms with Gasteiger partial charge < -0.3 is 5.32 Å². The molecule has 1 fully saturated rings. The van der Waals surface area contributed by atoms with Gasteiger partial charge in [-0.3, -0.25) is 0 Å². The van der Waals surface area contributed by atoms with E-state index in [1.165, 1.54) is 0 Å². The van der Waals surface area contributed by atoms with E-state index < -0.39 is 10.0 Å². The van der Waals surface area contributed by atoms with Crippen molar-refractivity contribution >= 4 is 38.4 Å². The highest BCUT2D eigenvalue weighted by Gasteiger charge is 2.32. The molecule has 0 bridgehead atoms. The molecule has 1 saturated heterocycles. The van der Waals surface area contributed by atoms with Crippen LogP contribution in [-0.4, -0.2) is 38.4 Å². The first-order valence-corrected chi connectivity index (χ1v) is 8.77. The third-order valence-corrected chi connectivity index (χ3v) is 5.73. The van der Waals surface area contributed by atoms with Crippen molar-refractivity contribution in [3.05, 3.63) is 28.7 Å². The predicted octanol–water partition coefficient (Wildman–Crippen LogP) is 2.63. The Morgan fingerprint density at radius 3 is 2.75 bits per heavy atom. The molecule has 1 unspecified atom stereocenters. The molecule has 0 saturated carbocycles. The average molecular weight is 384 g/mol. The van der Waals surface area contributed by atoms with Crippen LogP contribution in [0.5, 0.6) is 0 Å². The fourth-order valence-electron chi connectivity index (χ4n) is 2.37. The van der Waals surface area contributed by atoms with Crippen molar-refractivity contribution in [3.8, 4) is 0 Å². The van der Waals surface area contributed by atoms with Crippen LogP contribution in [0.4, 0.5) is 0 Å². The van der Waals surface area contributed by atoms with Gasteiger partial charge in [-0.25, -0.2) is 8.42 Å². The van der Waals surface area contributed by atoms with Crippen LogP contribution in [0.1, 0.15) is 19.8 Å². The lowest BCUT2D eigenvalue weighted by Crippen LogP contribution is -2.41. The van der Waals surface area contributed by atoms with Gasteiger partial charge in [0, 0.05) is 23.6 Å².